The van der Waals surface area contributed by atoms with E-state index in [2.05, 4.69) is 4.98 Å². The predicted molar refractivity (Wildman–Crippen MR) is 112 cm³/mol. The monoisotopic (exact) mass is 446 g/mol. The van der Waals surface area contributed by atoms with E-state index in [9.17, 15) is 4.79 Å². The van der Waals surface area contributed by atoms with Gasteiger partial charge in [-0.05, 0) is 42.3 Å². The molecule has 30 heavy (non-hydrogen) atoms. The van der Waals surface area contributed by atoms with Gasteiger partial charge in [-0.1, -0.05) is 35.3 Å². The lowest BCUT2D eigenvalue weighted by Gasteiger charge is -2.13. The third kappa shape index (κ3) is 4.14. The average Bonchev–Trinajstić information content (AvgIpc) is 3.37. The molecule has 1 unspecified atom stereocenters. The standard InChI is InChI=1S/C21H16Cl2N2O5/c22-13-7-11(9-15(24)21(26)27)8-14(23)19(13)29-10-12-3-1-4-16-18(12)30-20(25-16)17-5-2-6-28-17/h1-8,15H,9-10,24H2,(H,26,27). The van der Waals surface area contributed by atoms with E-state index in [-0.39, 0.29) is 28.8 Å². The molecule has 0 bridgehead atoms. The Bertz CT molecular complexity index is 1180. The summed E-state index contributed by atoms with van der Waals surface area (Å²) in [6.07, 6.45) is 1.65. The summed E-state index contributed by atoms with van der Waals surface area (Å²) in [4.78, 5) is 15.4. The van der Waals surface area contributed by atoms with Crippen molar-refractivity contribution in [1.82, 2.24) is 4.98 Å². The van der Waals surface area contributed by atoms with Crippen LogP contribution in [0, 0.1) is 0 Å². The van der Waals surface area contributed by atoms with Gasteiger partial charge in [0.25, 0.3) is 5.89 Å². The summed E-state index contributed by atoms with van der Waals surface area (Å²) >= 11 is 12.6. The highest BCUT2D eigenvalue weighted by atomic mass is 35.5. The lowest BCUT2D eigenvalue weighted by molar-refractivity contribution is -0.138. The number of hydrogen-bond acceptors (Lipinski definition) is 6. The Kier molecular flexibility index (Phi) is 5.67. The number of oxazole rings is 1. The topological polar surface area (TPSA) is 112 Å². The van der Waals surface area contributed by atoms with Crippen molar-refractivity contribution in [3.8, 4) is 17.4 Å². The van der Waals surface area contributed by atoms with E-state index in [0.29, 0.717) is 28.3 Å². The van der Waals surface area contributed by atoms with Crippen LogP contribution in [0.25, 0.3) is 22.8 Å². The van der Waals surface area contributed by atoms with Crippen molar-refractivity contribution < 1.29 is 23.5 Å². The number of nitrogens with zero attached hydrogens (tertiary/aromatic N) is 1. The summed E-state index contributed by atoms with van der Waals surface area (Å²) in [5, 5.41) is 9.48. The van der Waals surface area contributed by atoms with Crippen molar-refractivity contribution in [3.63, 3.8) is 0 Å². The first-order valence-electron chi connectivity index (χ1n) is 8.94. The second kappa shape index (κ2) is 8.39. The van der Waals surface area contributed by atoms with Crippen LogP contribution in [0.5, 0.6) is 5.75 Å². The number of rotatable bonds is 7. The van der Waals surface area contributed by atoms with E-state index in [4.69, 9.17) is 47.6 Å². The first-order chi connectivity index (χ1) is 14.4. The molecular formula is C21H16Cl2N2O5. The van der Waals surface area contributed by atoms with Gasteiger partial charge >= 0.3 is 5.97 Å². The molecule has 154 valence electrons. The van der Waals surface area contributed by atoms with Crippen LogP contribution >= 0.6 is 23.2 Å². The van der Waals surface area contributed by atoms with Gasteiger partial charge in [0.1, 0.15) is 18.2 Å². The van der Waals surface area contributed by atoms with Gasteiger partial charge in [-0.15, -0.1) is 0 Å². The van der Waals surface area contributed by atoms with Crippen LogP contribution < -0.4 is 10.5 Å². The number of fused-ring (bicyclic) bond motifs is 1. The Morgan fingerprint density at radius 2 is 1.97 bits per heavy atom. The highest BCUT2D eigenvalue weighted by Gasteiger charge is 2.17. The molecule has 0 aliphatic carbocycles. The SMILES string of the molecule is NC(Cc1cc(Cl)c(OCc2cccc3nc(-c4ccco4)oc23)c(Cl)c1)C(=O)O. The molecule has 7 nitrogen and oxygen atoms in total. The molecule has 0 fully saturated rings. The van der Waals surface area contributed by atoms with E-state index in [1.165, 1.54) is 0 Å². The van der Waals surface area contributed by atoms with Crippen LogP contribution in [0.2, 0.25) is 10.0 Å². The number of aliphatic carboxylic acids is 1. The van der Waals surface area contributed by atoms with E-state index in [1.54, 1.807) is 30.5 Å². The maximum Gasteiger partial charge on any atom is 0.320 e. The fourth-order valence-electron chi connectivity index (χ4n) is 2.98. The van der Waals surface area contributed by atoms with E-state index in [1.807, 2.05) is 18.2 Å². The maximum atomic E-state index is 10.9. The maximum absolute atomic E-state index is 10.9. The van der Waals surface area contributed by atoms with Gasteiger partial charge in [-0.2, -0.15) is 0 Å². The van der Waals surface area contributed by atoms with Crippen molar-refractivity contribution in [2.75, 3.05) is 0 Å². The molecule has 3 N–H and O–H groups in total. The molecule has 0 radical (unpaired) electrons. The second-order valence-electron chi connectivity index (χ2n) is 6.59. The second-order valence-corrected chi connectivity index (χ2v) is 7.40. The number of nitrogens with two attached hydrogens (primary N) is 1. The van der Waals surface area contributed by atoms with E-state index < -0.39 is 12.0 Å². The van der Waals surface area contributed by atoms with Crippen LogP contribution in [-0.4, -0.2) is 22.1 Å². The molecule has 2 aromatic heterocycles. The molecule has 0 saturated heterocycles. The zero-order valence-corrected chi connectivity index (χ0v) is 17.0. The minimum absolute atomic E-state index is 0.0992. The third-order valence-corrected chi connectivity index (χ3v) is 4.99. The summed E-state index contributed by atoms with van der Waals surface area (Å²) in [5.41, 5.74) is 8.16. The number of carbonyl (C=O) groups is 1. The zero-order chi connectivity index (χ0) is 21.3. The Hall–Kier alpha value is -3.00. The summed E-state index contributed by atoms with van der Waals surface area (Å²) in [6, 6.07) is 11.2. The van der Waals surface area contributed by atoms with Crippen molar-refractivity contribution in [2.24, 2.45) is 5.73 Å². The summed E-state index contributed by atoms with van der Waals surface area (Å²) in [5.74, 6) is 0.0855. The highest BCUT2D eigenvalue weighted by Crippen LogP contribution is 2.36. The minimum atomic E-state index is -1.10. The largest absolute Gasteiger partial charge is 0.486 e. The number of ether oxygens (including phenoxy) is 1. The molecule has 4 aromatic rings. The number of carboxylic acid groups (broad SMARTS) is 1. The summed E-state index contributed by atoms with van der Waals surface area (Å²) in [7, 11) is 0. The number of para-hydroxylation sites is 1. The highest BCUT2D eigenvalue weighted by molar-refractivity contribution is 6.37. The number of benzene rings is 2. The quantitative estimate of drug-likeness (QED) is 0.413. The van der Waals surface area contributed by atoms with Gasteiger partial charge in [0.15, 0.2) is 17.1 Å². The molecule has 1 atom stereocenters. The molecule has 0 aliphatic rings. The third-order valence-electron chi connectivity index (χ3n) is 4.43. The zero-order valence-electron chi connectivity index (χ0n) is 15.5. The first kappa shape index (κ1) is 20.3. The van der Waals surface area contributed by atoms with Crippen LogP contribution in [0.3, 0.4) is 0 Å². The molecule has 2 heterocycles. The van der Waals surface area contributed by atoms with Gasteiger partial charge in [0.2, 0.25) is 0 Å². The molecular weight excluding hydrogens is 431 g/mol. The van der Waals surface area contributed by atoms with Gasteiger partial charge in [-0.25, -0.2) is 4.98 Å². The number of hydrogen-bond donors (Lipinski definition) is 2. The van der Waals surface area contributed by atoms with Crippen LogP contribution in [-0.2, 0) is 17.8 Å². The van der Waals surface area contributed by atoms with E-state index >= 15 is 0 Å². The minimum Gasteiger partial charge on any atom is -0.486 e. The molecule has 4 rings (SSSR count). The van der Waals surface area contributed by atoms with Crippen molar-refractivity contribution in [2.45, 2.75) is 19.1 Å². The lowest BCUT2D eigenvalue weighted by atomic mass is 10.1. The number of carboxylic acids is 1. The average molecular weight is 447 g/mol. The normalized spacial score (nSPS) is 12.2. The van der Waals surface area contributed by atoms with Crippen molar-refractivity contribution in [1.29, 1.82) is 0 Å². The van der Waals surface area contributed by atoms with Crippen LogP contribution in [0.15, 0.2) is 57.6 Å². The number of halogens is 2. The predicted octanol–water partition coefficient (Wildman–Crippen LogP) is 4.93. The lowest BCUT2D eigenvalue weighted by Crippen LogP contribution is -2.32. The summed E-state index contributed by atoms with van der Waals surface area (Å²) < 4.78 is 17.0. The van der Waals surface area contributed by atoms with E-state index in [0.717, 1.165) is 5.56 Å². The van der Waals surface area contributed by atoms with Gasteiger partial charge in [-0.3, -0.25) is 4.79 Å². The summed E-state index contributed by atoms with van der Waals surface area (Å²) in [6.45, 7) is 0.136. The van der Waals surface area contributed by atoms with Crippen molar-refractivity contribution in [3.05, 3.63) is 69.9 Å². The number of furan rings is 1. The molecule has 0 amide bonds. The van der Waals surface area contributed by atoms with Crippen molar-refractivity contribution >= 4 is 40.3 Å². The molecule has 2 aromatic carbocycles. The molecule has 0 spiro atoms. The van der Waals surface area contributed by atoms with Gasteiger partial charge in [0, 0.05) is 5.56 Å². The Balaban J connectivity index is 1.56. The van der Waals surface area contributed by atoms with Gasteiger partial charge in [0.05, 0.1) is 16.3 Å². The van der Waals surface area contributed by atoms with Crippen LogP contribution in [0.1, 0.15) is 11.1 Å². The fourth-order valence-corrected chi connectivity index (χ4v) is 3.63. The fraction of sp³-hybridized carbons (Fsp3) is 0.143. The molecule has 0 aliphatic heterocycles. The first-order valence-corrected chi connectivity index (χ1v) is 9.69. The Labute approximate surface area is 181 Å². The number of aromatic nitrogens is 1. The van der Waals surface area contributed by atoms with Crippen LogP contribution in [0.4, 0.5) is 0 Å². The Morgan fingerprint density at radius 1 is 1.20 bits per heavy atom. The molecule has 9 heteroatoms. The molecule has 0 saturated carbocycles. The smallest absolute Gasteiger partial charge is 0.320 e. The Morgan fingerprint density at radius 3 is 2.63 bits per heavy atom. The van der Waals surface area contributed by atoms with Gasteiger partial charge < -0.3 is 24.4 Å².